The Morgan fingerprint density at radius 3 is 0.877 bits per heavy atom. The van der Waals surface area contributed by atoms with E-state index in [4.69, 9.17) is 14.2 Å². The first-order valence-electron chi connectivity index (χ1n) is 24.5. The van der Waals surface area contributed by atoms with Crippen LogP contribution in [0.15, 0.2) is 182 Å². The van der Waals surface area contributed by atoms with Gasteiger partial charge < -0.3 is 14.2 Å². The number of unbranched alkanes of at least 4 members (excludes halogenated alkanes) is 11. The largest absolute Gasteiger partial charge is 0.462 e. The fraction of sp³-hybridized carbons (Fsp3) is 0.441. The smallest absolute Gasteiger partial charge is 0.306 e. The first kappa shape index (κ1) is 59.5. The van der Waals surface area contributed by atoms with Crippen molar-refractivity contribution in [3.63, 3.8) is 0 Å². The van der Waals surface area contributed by atoms with Crippen LogP contribution in [-0.4, -0.2) is 37.2 Å². The minimum absolute atomic E-state index is 0.133. The van der Waals surface area contributed by atoms with Crippen LogP contribution in [0.4, 0.5) is 0 Å². The van der Waals surface area contributed by atoms with E-state index in [0.29, 0.717) is 19.3 Å². The third-order valence-corrected chi connectivity index (χ3v) is 9.27. The lowest BCUT2D eigenvalue weighted by atomic mass is 10.1. The molecule has 0 aromatic rings. The molecule has 356 valence electrons. The van der Waals surface area contributed by atoms with Gasteiger partial charge in [0.1, 0.15) is 13.2 Å². The van der Waals surface area contributed by atoms with Crippen molar-refractivity contribution in [1.82, 2.24) is 0 Å². The van der Waals surface area contributed by atoms with Gasteiger partial charge >= 0.3 is 17.9 Å². The van der Waals surface area contributed by atoms with Crippen LogP contribution in [0.1, 0.15) is 149 Å². The highest BCUT2D eigenvalue weighted by Gasteiger charge is 2.19. The molecule has 0 saturated heterocycles. The second kappa shape index (κ2) is 51.1. The standard InChI is InChI=1S/C59H84O6/c1-4-7-10-13-16-19-22-25-27-29-31-34-37-40-43-46-49-52-58(61)64-55-56(54-63-57(60)51-48-45-42-39-36-33-24-21-18-15-12-9-6-3)65-59(62)53-50-47-44-41-38-35-32-30-28-26-23-20-17-14-11-8-5-2/h7-32,34-35,37-38,56H,4-6,33,36,39-55H2,1-3H3/b10-7-,11-8-,12-9-,16-13-,17-14-,18-15-,22-19-,23-20-,24-21-,27-25-,28-26-,31-29+,32-30+,37-34-,38-35-. The van der Waals surface area contributed by atoms with Crippen LogP contribution >= 0.6 is 0 Å². The molecule has 65 heavy (non-hydrogen) atoms. The average Bonchev–Trinajstić information content (AvgIpc) is 3.30. The van der Waals surface area contributed by atoms with Crippen LogP contribution in [0.2, 0.25) is 0 Å². The van der Waals surface area contributed by atoms with E-state index in [2.05, 4.69) is 75.5 Å². The van der Waals surface area contributed by atoms with E-state index in [1.165, 1.54) is 0 Å². The summed E-state index contributed by atoms with van der Waals surface area (Å²) >= 11 is 0. The highest BCUT2D eigenvalue weighted by atomic mass is 16.6. The monoisotopic (exact) mass is 889 g/mol. The lowest BCUT2D eigenvalue weighted by molar-refractivity contribution is -0.167. The van der Waals surface area contributed by atoms with Gasteiger partial charge in [0.2, 0.25) is 0 Å². The fourth-order valence-corrected chi connectivity index (χ4v) is 5.68. The van der Waals surface area contributed by atoms with E-state index < -0.39 is 6.10 Å². The Morgan fingerprint density at radius 1 is 0.308 bits per heavy atom. The van der Waals surface area contributed by atoms with Crippen molar-refractivity contribution < 1.29 is 28.6 Å². The predicted molar refractivity (Wildman–Crippen MR) is 278 cm³/mol. The first-order valence-corrected chi connectivity index (χ1v) is 24.5. The van der Waals surface area contributed by atoms with Gasteiger partial charge in [-0.05, 0) is 77.0 Å². The molecule has 0 saturated carbocycles. The summed E-state index contributed by atoms with van der Waals surface area (Å²) in [4.78, 5) is 37.9. The zero-order valence-electron chi connectivity index (χ0n) is 40.4. The van der Waals surface area contributed by atoms with Crippen LogP contribution in [-0.2, 0) is 28.6 Å². The van der Waals surface area contributed by atoms with Gasteiger partial charge in [0.05, 0.1) is 0 Å². The van der Waals surface area contributed by atoms with Crippen LogP contribution in [0.25, 0.3) is 0 Å². The molecule has 0 amide bonds. The normalized spacial score (nSPS) is 13.7. The Labute approximate surface area is 395 Å². The molecule has 1 atom stereocenters. The molecule has 1 unspecified atom stereocenters. The zero-order chi connectivity index (χ0) is 47.2. The molecule has 0 aromatic carbocycles. The van der Waals surface area contributed by atoms with Crippen LogP contribution in [0.5, 0.6) is 0 Å². The zero-order valence-corrected chi connectivity index (χ0v) is 40.4. The Kier molecular flexibility index (Phi) is 46.8. The predicted octanol–water partition coefficient (Wildman–Crippen LogP) is 16.2. The van der Waals surface area contributed by atoms with Gasteiger partial charge in [0.25, 0.3) is 0 Å². The summed E-state index contributed by atoms with van der Waals surface area (Å²) in [5.41, 5.74) is 0. The molecule has 0 aromatic heterocycles. The van der Waals surface area contributed by atoms with Gasteiger partial charge in [0, 0.05) is 19.3 Å². The summed E-state index contributed by atoms with van der Waals surface area (Å²) in [6.07, 6.45) is 77.2. The van der Waals surface area contributed by atoms with Crippen molar-refractivity contribution in [1.29, 1.82) is 0 Å². The molecule has 0 N–H and O–H groups in total. The van der Waals surface area contributed by atoms with Crippen LogP contribution < -0.4 is 0 Å². The fourth-order valence-electron chi connectivity index (χ4n) is 5.68. The molecular formula is C59H84O6. The molecular weight excluding hydrogens is 805 g/mol. The molecule has 0 rings (SSSR count). The van der Waals surface area contributed by atoms with E-state index >= 15 is 0 Å². The van der Waals surface area contributed by atoms with Crippen molar-refractivity contribution >= 4 is 17.9 Å². The number of esters is 3. The molecule has 0 radical (unpaired) electrons. The second-order valence-corrected chi connectivity index (χ2v) is 15.2. The minimum atomic E-state index is -0.839. The molecule has 0 aliphatic rings. The summed E-state index contributed by atoms with van der Waals surface area (Å²) in [7, 11) is 0. The molecule has 0 aliphatic heterocycles. The quantitative estimate of drug-likeness (QED) is 0.0264. The van der Waals surface area contributed by atoms with Crippen molar-refractivity contribution in [3.8, 4) is 0 Å². The molecule has 0 fully saturated rings. The number of allylic oxidation sites excluding steroid dienone is 30. The van der Waals surface area contributed by atoms with E-state index in [0.717, 1.165) is 96.3 Å². The van der Waals surface area contributed by atoms with Gasteiger partial charge in [-0.25, -0.2) is 0 Å². The minimum Gasteiger partial charge on any atom is -0.462 e. The lowest BCUT2D eigenvalue weighted by Gasteiger charge is -2.18. The van der Waals surface area contributed by atoms with Crippen LogP contribution in [0.3, 0.4) is 0 Å². The molecule has 0 spiro atoms. The van der Waals surface area contributed by atoms with E-state index in [9.17, 15) is 14.4 Å². The average molecular weight is 889 g/mol. The number of carbonyl (C=O) groups is 3. The van der Waals surface area contributed by atoms with Gasteiger partial charge in [0.15, 0.2) is 6.10 Å². The highest BCUT2D eigenvalue weighted by molar-refractivity contribution is 5.71. The SMILES string of the molecule is CC\C=C/C=C\C=C/C=C\C=C\C=C/CCCCCC(=O)OCC(COC(=O)CCCCCCC\C=C/C=C\C=C/CC)OC(=O)CCCCC\C=C/C=C/C=C\C=C/C=C\C=C/CC. The Hall–Kier alpha value is -5.49. The first-order chi connectivity index (χ1) is 32.0. The molecule has 0 bridgehead atoms. The second-order valence-electron chi connectivity index (χ2n) is 15.2. The van der Waals surface area contributed by atoms with Crippen molar-refractivity contribution in [3.05, 3.63) is 182 Å². The number of ether oxygens (including phenoxy) is 3. The Morgan fingerprint density at radius 2 is 0.554 bits per heavy atom. The van der Waals surface area contributed by atoms with E-state index in [-0.39, 0.29) is 44.0 Å². The maximum Gasteiger partial charge on any atom is 0.306 e. The Balaban J connectivity index is 4.67. The maximum atomic E-state index is 12.8. The van der Waals surface area contributed by atoms with Gasteiger partial charge in [-0.1, -0.05) is 235 Å². The summed E-state index contributed by atoms with van der Waals surface area (Å²) < 4.78 is 16.7. The summed E-state index contributed by atoms with van der Waals surface area (Å²) in [6, 6.07) is 0. The number of carbonyl (C=O) groups excluding carboxylic acids is 3. The molecule has 6 nitrogen and oxygen atoms in total. The Bertz CT molecular complexity index is 1630. The van der Waals surface area contributed by atoms with Crippen molar-refractivity contribution in [2.45, 2.75) is 155 Å². The topological polar surface area (TPSA) is 78.9 Å². The summed E-state index contributed by atoms with van der Waals surface area (Å²) in [6.45, 7) is 6.07. The van der Waals surface area contributed by atoms with Gasteiger partial charge in [-0.2, -0.15) is 0 Å². The van der Waals surface area contributed by atoms with Crippen molar-refractivity contribution in [2.24, 2.45) is 0 Å². The summed E-state index contributed by atoms with van der Waals surface area (Å²) in [5.74, 6) is -1.06. The van der Waals surface area contributed by atoms with E-state index in [1.807, 2.05) is 128 Å². The third-order valence-electron chi connectivity index (χ3n) is 9.27. The maximum absolute atomic E-state index is 12.8. The highest BCUT2D eigenvalue weighted by Crippen LogP contribution is 2.11. The number of hydrogen-bond acceptors (Lipinski definition) is 6. The molecule has 0 aliphatic carbocycles. The molecule has 0 heterocycles. The van der Waals surface area contributed by atoms with Crippen LogP contribution in [0, 0.1) is 0 Å². The lowest BCUT2D eigenvalue weighted by Crippen LogP contribution is -2.30. The van der Waals surface area contributed by atoms with Gasteiger partial charge in [-0.3, -0.25) is 14.4 Å². The number of rotatable bonds is 40. The summed E-state index contributed by atoms with van der Waals surface area (Å²) in [5, 5.41) is 0. The molecule has 6 heteroatoms. The third kappa shape index (κ3) is 49.4. The van der Waals surface area contributed by atoms with Crippen molar-refractivity contribution in [2.75, 3.05) is 13.2 Å². The number of hydrogen-bond donors (Lipinski definition) is 0. The van der Waals surface area contributed by atoms with E-state index in [1.54, 1.807) is 0 Å². The van der Waals surface area contributed by atoms with Gasteiger partial charge in [-0.15, -0.1) is 0 Å².